The van der Waals surface area contributed by atoms with Crippen molar-refractivity contribution in [2.75, 3.05) is 0 Å². The summed E-state index contributed by atoms with van der Waals surface area (Å²) in [5.41, 5.74) is 2.23. The third kappa shape index (κ3) is 3.48. The number of aryl methyl sites for hydroxylation is 1. The molecule has 0 N–H and O–H groups in total. The lowest BCUT2D eigenvalue weighted by molar-refractivity contribution is 0.304. The van der Waals surface area contributed by atoms with Gasteiger partial charge in [-0.2, -0.15) is 0 Å². The smallest absolute Gasteiger partial charge is 0.122 e. The van der Waals surface area contributed by atoms with Crippen LogP contribution in [0.25, 0.3) is 0 Å². The molecule has 2 aromatic rings. The Morgan fingerprint density at radius 2 is 1.82 bits per heavy atom. The Morgan fingerprint density at radius 1 is 1.12 bits per heavy atom. The molecule has 0 atom stereocenters. The van der Waals surface area contributed by atoms with Crippen molar-refractivity contribution in [1.29, 1.82) is 0 Å². The third-order valence-corrected chi connectivity index (χ3v) is 3.19. The molecule has 17 heavy (non-hydrogen) atoms. The summed E-state index contributed by atoms with van der Waals surface area (Å²) in [4.78, 5) is 0. The molecule has 0 aliphatic rings. The fraction of sp³-hybridized carbons (Fsp3) is 0.143. The van der Waals surface area contributed by atoms with Gasteiger partial charge < -0.3 is 4.74 Å². The first-order valence-electron chi connectivity index (χ1n) is 5.28. The zero-order valence-corrected chi connectivity index (χ0v) is 11.8. The Hall–Kier alpha value is -0.990. The Morgan fingerprint density at radius 3 is 2.47 bits per heavy atom. The molecule has 0 aliphatic heterocycles. The summed E-state index contributed by atoms with van der Waals surface area (Å²) in [7, 11) is 0. The minimum Gasteiger partial charge on any atom is -0.489 e. The molecule has 0 saturated carbocycles. The Bertz CT molecular complexity index is 508. The van der Waals surface area contributed by atoms with E-state index in [1.54, 1.807) is 0 Å². The van der Waals surface area contributed by atoms with Crippen LogP contribution in [0.2, 0.25) is 5.02 Å². The van der Waals surface area contributed by atoms with E-state index in [0.717, 1.165) is 26.4 Å². The van der Waals surface area contributed by atoms with E-state index in [0.29, 0.717) is 6.61 Å². The van der Waals surface area contributed by atoms with Crippen molar-refractivity contribution in [3.8, 4) is 5.75 Å². The quantitative estimate of drug-likeness (QED) is 0.776. The molecule has 1 nitrogen and oxygen atoms in total. The lowest BCUT2D eigenvalue weighted by Gasteiger charge is -2.09. The van der Waals surface area contributed by atoms with Gasteiger partial charge in [0.1, 0.15) is 12.4 Å². The van der Waals surface area contributed by atoms with Crippen LogP contribution in [0.4, 0.5) is 0 Å². The molecule has 3 heteroatoms. The minimum absolute atomic E-state index is 0.555. The lowest BCUT2D eigenvalue weighted by Crippen LogP contribution is -1.96. The van der Waals surface area contributed by atoms with Crippen LogP contribution in [0.3, 0.4) is 0 Å². The summed E-state index contributed by atoms with van der Waals surface area (Å²) in [6, 6.07) is 13.7. The molecular formula is C14H12BrClO. The highest BCUT2D eigenvalue weighted by atomic mass is 79.9. The second-order valence-electron chi connectivity index (χ2n) is 3.82. The molecule has 0 heterocycles. The molecule has 0 amide bonds. The number of hydrogen-bond acceptors (Lipinski definition) is 1. The normalized spacial score (nSPS) is 10.3. The van der Waals surface area contributed by atoms with E-state index in [4.69, 9.17) is 16.3 Å². The largest absolute Gasteiger partial charge is 0.489 e. The molecule has 0 saturated heterocycles. The minimum atomic E-state index is 0.555. The van der Waals surface area contributed by atoms with Crippen LogP contribution in [0.5, 0.6) is 5.75 Å². The molecule has 0 aliphatic carbocycles. The van der Waals surface area contributed by atoms with Crippen molar-refractivity contribution in [3.05, 3.63) is 63.1 Å². The predicted octanol–water partition coefficient (Wildman–Crippen LogP) is 4.99. The molecule has 0 radical (unpaired) electrons. The van der Waals surface area contributed by atoms with Gasteiger partial charge in [0.2, 0.25) is 0 Å². The van der Waals surface area contributed by atoms with Gasteiger partial charge in [0, 0.05) is 9.50 Å². The van der Waals surface area contributed by atoms with Crippen LogP contribution < -0.4 is 4.74 Å². The van der Waals surface area contributed by atoms with Gasteiger partial charge in [-0.05, 0) is 48.4 Å². The Kier molecular flexibility index (Phi) is 4.08. The summed E-state index contributed by atoms with van der Waals surface area (Å²) in [5.74, 6) is 0.906. The molecule has 0 aromatic heterocycles. The molecule has 0 unspecified atom stereocenters. The topological polar surface area (TPSA) is 9.23 Å². The average Bonchev–Trinajstić information content (AvgIpc) is 2.30. The highest BCUT2D eigenvalue weighted by Gasteiger charge is 2.00. The van der Waals surface area contributed by atoms with Crippen molar-refractivity contribution in [1.82, 2.24) is 0 Å². The molecular weight excluding hydrogens is 300 g/mol. The van der Waals surface area contributed by atoms with Gasteiger partial charge in [-0.15, -0.1) is 0 Å². The Labute approximate surface area is 115 Å². The van der Waals surface area contributed by atoms with Gasteiger partial charge in [0.25, 0.3) is 0 Å². The van der Waals surface area contributed by atoms with E-state index < -0.39 is 0 Å². The number of hydrogen-bond donors (Lipinski definition) is 0. The summed E-state index contributed by atoms with van der Waals surface area (Å²) < 4.78 is 6.82. The fourth-order valence-corrected chi connectivity index (χ4v) is 2.12. The third-order valence-electron chi connectivity index (χ3n) is 2.44. The predicted molar refractivity (Wildman–Crippen MR) is 74.7 cm³/mol. The van der Waals surface area contributed by atoms with Crippen LogP contribution in [-0.4, -0.2) is 0 Å². The molecule has 2 aromatic carbocycles. The van der Waals surface area contributed by atoms with Gasteiger partial charge in [0.15, 0.2) is 0 Å². The van der Waals surface area contributed by atoms with Crippen molar-refractivity contribution in [2.24, 2.45) is 0 Å². The van der Waals surface area contributed by atoms with Crippen molar-refractivity contribution in [2.45, 2.75) is 13.5 Å². The second-order valence-corrected chi connectivity index (χ2v) is 5.18. The highest BCUT2D eigenvalue weighted by Crippen LogP contribution is 2.23. The number of halogens is 2. The van der Waals surface area contributed by atoms with Gasteiger partial charge >= 0.3 is 0 Å². The highest BCUT2D eigenvalue weighted by molar-refractivity contribution is 9.10. The van der Waals surface area contributed by atoms with Gasteiger partial charge in [0.05, 0.1) is 0 Å². The van der Waals surface area contributed by atoms with E-state index in [1.807, 2.05) is 49.4 Å². The maximum atomic E-state index is 5.83. The molecule has 0 bridgehead atoms. The summed E-state index contributed by atoms with van der Waals surface area (Å²) in [6.45, 7) is 2.58. The van der Waals surface area contributed by atoms with Crippen molar-refractivity contribution < 1.29 is 4.74 Å². The summed E-state index contributed by atoms with van der Waals surface area (Å²) >= 11 is 9.26. The zero-order valence-electron chi connectivity index (χ0n) is 9.41. The molecule has 2 rings (SSSR count). The second kappa shape index (κ2) is 5.56. The van der Waals surface area contributed by atoms with E-state index in [-0.39, 0.29) is 0 Å². The zero-order chi connectivity index (χ0) is 12.3. The fourth-order valence-electron chi connectivity index (χ4n) is 1.52. The van der Waals surface area contributed by atoms with E-state index in [2.05, 4.69) is 15.9 Å². The first-order chi connectivity index (χ1) is 8.15. The average molecular weight is 312 g/mol. The maximum absolute atomic E-state index is 5.83. The SMILES string of the molecule is Cc1cc(Br)ccc1OCc1ccc(Cl)cc1. The van der Waals surface area contributed by atoms with Crippen LogP contribution in [0, 0.1) is 6.92 Å². The summed E-state index contributed by atoms with van der Waals surface area (Å²) in [5, 5.41) is 0.744. The molecule has 0 spiro atoms. The number of ether oxygens (including phenoxy) is 1. The van der Waals surface area contributed by atoms with Crippen LogP contribution in [0.15, 0.2) is 46.9 Å². The number of rotatable bonds is 3. The maximum Gasteiger partial charge on any atom is 0.122 e. The van der Waals surface area contributed by atoms with E-state index in [9.17, 15) is 0 Å². The van der Waals surface area contributed by atoms with E-state index in [1.165, 1.54) is 0 Å². The van der Waals surface area contributed by atoms with Crippen LogP contribution in [-0.2, 0) is 6.61 Å². The summed E-state index contributed by atoms with van der Waals surface area (Å²) in [6.07, 6.45) is 0. The lowest BCUT2D eigenvalue weighted by atomic mass is 10.2. The number of benzene rings is 2. The van der Waals surface area contributed by atoms with Gasteiger partial charge in [-0.25, -0.2) is 0 Å². The first-order valence-corrected chi connectivity index (χ1v) is 6.45. The van der Waals surface area contributed by atoms with Crippen molar-refractivity contribution in [3.63, 3.8) is 0 Å². The first kappa shape index (κ1) is 12.5. The van der Waals surface area contributed by atoms with E-state index >= 15 is 0 Å². The van der Waals surface area contributed by atoms with Crippen LogP contribution in [0.1, 0.15) is 11.1 Å². The molecule has 88 valence electrons. The van der Waals surface area contributed by atoms with Crippen LogP contribution >= 0.6 is 27.5 Å². The van der Waals surface area contributed by atoms with Gasteiger partial charge in [-0.3, -0.25) is 0 Å². The van der Waals surface area contributed by atoms with Crippen molar-refractivity contribution >= 4 is 27.5 Å². The monoisotopic (exact) mass is 310 g/mol. The standard InChI is InChI=1S/C14H12BrClO/c1-10-8-12(15)4-7-14(10)17-9-11-2-5-13(16)6-3-11/h2-8H,9H2,1H3. The Balaban J connectivity index is 2.04. The van der Waals surface area contributed by atoms with Gasteiger partial charge in [-0.1, -0.05) is 39.7 Å². The molecule has 0 fully saturated rings.